The zero-order valence-corrected chi connectivity index (χ0v) is 24.2. The first-order chi connectivity index (χ1) is 20.2. The van der Waals surface area contributed by atoms with E-state index in [0.29, 0.717) is 38.7 Å². The SMILES string of the molecule is COc1ncnc(C2CC2)c1-c1ncc2cc(Br)c(=O)n(Cc3ccc(C4NC(C(F)(F)F)CN4C4CC4)cc3)c2n1. The zero-order valence-electron chi connectivity index (χ0n) is 22.6. The Labute approximate surface area is 247 Å². The summed E-state index contributed by atoms with van der Waals surface area (Å²) in [7, 11) is 1.54. The average Bonchev–Trinajstić information content (AvgIpc) is 3.93. The van der Waals surface area contributed by atoms with Crippen molar-refractivity contribution in [2.75, 3.05) is 13.7 Å². The molecule has 0 spiro atoms. The van der Waals surface area contributed by atoms with Crippen LogP contribution in [0.25, 0.3) is 22.4 Å². The molecule has 42 heavy (non-hydrogen) atoms. The van der Waals surface area contributed by atoms with Crippen LogP contribution in [0.5, 0.6) is 5.88 Å². The van der Waals surface area contributed by atoms with Gasteiger partial charge in [-0.2, -0.15) is 13.2 Å². The van der Waals surface area contributed by atoms with Crippen molar-refractivity contribution in [3.8, 4) is 17.3 Å². The average molecular weight is 642 g/mol. The summed E-state index contributed by atoms with van der Waals surface area (Å²) >= 11 is 3.38. The van der Waals surface area contributed by atoms with Crippen LogP contribution >= 0.6 is 15.9 Å². The molecule has 2 aliphatic carbocycles. The van der Waals surface area contributed by atoms with Gasteiger partial charge in [-0.1, -0.05) is 24.3 Å². The van der Waals surface area contributed by atoms with Crippen molar-refractivity contribution in [2.45, 2.75) is 62.6 Å². The number of rotatable bonds is 7. The molecule has 3 aliphatic rings. The number of hydrogen-bond donors (Lipinski definition) is 1. The summed E-state index contributed by atoms with van der Waals surface area (Å²) < 4.78 is 48.0. The molecule has 4 aromatic rings. The molecular weight excluding hydrogens is 615 g/mol. The minimum atomic E-state index is -4.30. The van der Waals surface area contributed by atoms with Crippen LogP contribution in [0.4, 0.5) is 13.2 Å². The van der Waals surface area contributed by atoms with E-state index in [-0.39, 0.29) is 24.7 Å². The predicted octanol–water partition coefficient (Wildman–Crippen LogP) is 4.94. The molecule has 9 nitrogen and oxygen atoms in total. The third-order valence-corrected chi connectivity index (χ3v) is 8.71. The van der Waals surface area contributed by atoms with Gasteiger partial charge in [0, 0.05) is 30.1 Å². The minimum Gasteiger partial charge on any atom is -0.480 e. The molecule has 1 saturated heterocycles. The largest absolute Gasteiger partial charge is 0.480 e. The third-order valence-electron chi connectivity index (χ3n) is 8.14. The number of methoxy groups -OCH3 is 1. The Bertz CT molecular complexity index is 1720. The van der Waals surface area contributed by atoms with Crippen LogP contribution in [0.3, 0.4) is 0 Å². The van der Waals surface area contributed by atoms with Crippen molar-refractivity contribution in [1.29, 1.82) is 0 Å². The van der Waals surface area contributed by atoms with Gasteiger partial charge in [-0.3, -0.25) is 19.6 Å². The highest BCUT2D eigenvalue weighted by Gasteiger charge is 2.50. The van der Waals surface area contributed by atoms with Gasteiger partial charge in [-0.15, -0.1) is 0 Å². The van der Waals surface area contributed by atoms with Crippen LogP contribution in [0.2, 0.25) is 0 Å². The topological polar surface area (TPSA) is 98.1 Å². The van der Waals surface area contributed by atoms with Gasteiger partial charge in [-0.25, -0.2) is 19.9 Å². The van der Waals surface area contributed by atoms with Gasteiger partial charge in [0.1, 0.15) is 23.6 Å². The Balaban J connectivity index is 1.23. The van der Waals surface area contributed by atoms with Crippen LogP contribution < -0.4 is 15.6 Å². The van der Waals surface area contributed by atoms with E-state index in [9.17, 15) is 18.0 Å². The van der Waals surface area contributed by atoms with E-state index < -0.39 is 18.4 Å². The Hall–Kier alpha value is -3.42. The molecule has 0 bridgehead atoms. The number of halogens is 4. The summed E-state index contributed by atoms with van der Waals surface area (Å²) in [5, 5.41) is 3.44. The van der Waals surface area contributed by atoms with Gasteiger partial charge in [0.25, 0.3) is 5.56 Å². The van der Waals surface area contributed by atoms with Gasteiger partial charge < -0.3 is 4.74 Å². The second kappa shape index (κ2) is 10.4. The molecule has 1 aromatic carbocycles. The fourth-order valence-corrected chi connectivity index (χ4v) is 6.16. The summed E-state index contributed by atoms with van der Waals surface area (Å²) in [6, 6.07) is 7.67. The van der Waals surface area contributed by atoms with E-state index in [1.165, 1.54) is 13.4 Å². The molecule has 7 rings (SSSR count). The molecule has 2 saturated carbocycles. The van der Waals surface area contributed by atoms with E-state index >= 15 is 0 Å². The number of benzene rings is 1. The fourth-order valence-electron chi connectivity index (χ4n) is 5.70. The zero-order chi connectivity index (χ0) is 29.2. The van der Waals surface area contributed by atoms with Crippen LogP contribution in [-0.2, 0) is 6.54 Å². The lowest BCUT2D eigenvalue weighted by molar-refractivity contribution is -0.150. The summed E-state index contributed by atoms with van der Waals surface area (Å²) in [4.78, 5) is 33.4. The molecule has 0 radical (unpaired) electrons. The highest BCUT2D eigenvalue weighted by molar-refractivity contribution is 9.10. The van der Waals surface area contributed by atoms with Crippen molar-refractivity contribution in [1.82, 2.24) is 34.7 Å². The van der Waals surface area contributed by atoms with Crippen LogP contribution in [0.1, 0.15) is 54.6 Å². The molecule has 13 heteroatoms. The monoisotopic (exact) mass is 641 g/mol. The smallest absolute Gasteiger partial charge is 0.405 e. The molecule has 3 fully saturated rings. The normalized spacial score (nSPS) is 21.3. The Kier molecular flexibility index (Phi) is 6.78. The molecule has 1 N–H and O–H groups in total. The van der Waals surface area contributed by atoms with Gasteiger partial charge >= 0.3 is 6.18 Å². The number of hydrogen-bond acceptors (Lipinski definition) is 8. The number of nitrogens with one attached hydrogen (secondary N) is 1. The Morgan fingerprint density at radius 3 is 2.52 bits per heavy atom. The second-order valence-corrected chi connectivity index (χ2v) is 12.0. The van der Waals surface area contributed by atoms with E-state index in [2.05, 4.69) is 36.2 Å². The van der Waals surface area contributed by atoms with Crippen molar-refractivity contribution < 1.29 is 17.9 Å². The maximum absolute atomic E-state index is 13.5. The lowest BCUT2D eigenvalue weighted by Gasteiger charge is -2.24. The van der Waals surface area contributed by atoms with E-state index in [1.54, 1.807) is 16.8 Å². The number of aromatic nitrogens is 5. The fraction of sp³-hybridized carbons (Fsp3) is 0.414. The van der Waals surface area contributed by atoms with E-state index in [4.69, 9.17) is 9.72 Å². The van der Waals surface area contributed by atoms with Crippen molar-refractivity contribution in [3.05, 3.63) is 74.5 Å². The molecular formula is C29H27BrF3N7O2. The summed E-state index contributed by atoms with van der Waals surface area (Å²) in [5.41, 5.74) is 3.20. The highest BCUT2D eigenvalue weighted by atomic mass is 79.9. The van der Waals surface area contributed by atoms with Crippen molar-refractivity contribution >= 4 is 27.0 Å². The van der Waals surface area contributed by atoms with Gasteiger partial charge in [0.05, 0.1) is 30.0 Å². The summed E-state index contributed by atoms with van der Waals surface area (Å²) in [6.45, 7) is 0.154. The first-order valence-electron chi connectivity index (χ1n) is 13.8. The first-order valence-corrected chi connectivity index (χ1v) is 14.6. The van der Waals surface area contributed by atoms with Crippen LogP contribution in [-0.4, -0.2) is 61.3 Å². The third kappa shape index (κ3) is 5.07. The Morgan fingerprint density at radius 1 is 1.10 bits per heavy atom. The molecule has 0 amide bonds. The maximum Gasteiger partial charge on any atom is 0.405 e. The maximum atomic E-state index is 13.5. The molecule has 1 aliphatic heterocycles. The van der Waals surface area contributed by atoms with Crippen molar-refractivity contribution in [3.63, 3.8) is 0 Å². The minimum absolute atomic E-state index is 0.0538. The highest BCUT2D eigenvalue weighted by Crippen LogP contribution is 2.45. The van der Waals surface area contributed by atoms with E-state index in [1.807, 2.05) is 29.2 Å². The number of nitrogens with zero attached hydrogens (tertiary/aromatic N) is 6. The van der Waals surface area contributed by atoms with Crippen molar-refractivity contribution in [2.24, 2.45) is 0 Å². The lowest BCUT2D eigenvalue weighted by Crippen LogP contribution is -2.40. The molecule has 2 unspecified atom stereocenters. The quantitative estimate of drug-likeness (QED) is 0.303. The standard InChI is InChI=1S/C29H27BrF3N7O2/c1-42-27-22(23(16-6-7-16)35-14-36-27)24-34-11-18-10-20(30)28(41)40(26(18)38-24)12-15-2-4-17(5-3-15)25-37-21(29(31,32)33)13-39(25)19-8-9-19/h2-5,10-11,14,16,19,21,25,37H,6-9,12-13H2,1H3. The number of fused-ring (bicyclic) bond motifs is 1. The van der Waals surface area contributed by atoms with E-state index in [0.717, 1.165) is 42.5 Å². The predicted molar refractivity (Wildman–Crippen MR) is 152 cm³/mol. The number of pyridine rings is 1. The van der Waals surface area contributed by atoms with Gasteiger partial charge in [-0.05, 0) is 58.8 Å². The van der Waals surface area contributed by atoms with Gasteiger partial charge in [0.2, 0.25) is 5.88 Å². The van der Waals surface area contributed by atoms with Crippen LogP contribution in [0.15, 0.2) is 52.1 Å². The molecule has 4 heterocycles. The molecule has 2 atom stereocenters. The Morgan fingerprint density at radius 2 is 1.86 bits per heavy atom. The molecule has 3 aromatic heterocycles. The number of alkyl halides is 3. The lowest BCUT2D eigenvalue weighted by atomic mass is 10.1. The van der Waals surface area contributed by atoms with Gasteiger partial charge in [0.15, 0.2) is 5.82 Å². The summed E-state index contributed by atoms with van der Waals surface area (Å²) in [6.07, 6.45) is 2.17. The second-order valence-electron chi connectivity index (χ2n) is 11.1. The number of ether oxygens (including phenoxy) is 1. The van der Waals surface area contributed by atoms with Crippen LogP contribution in [0, 0.1) is 0 Å². The summed E-state index contributed by atoms with van der Waals surface area (Å²) in [5.74, 6) is 1.04. The first kappa shape index (κ1) is 27.4. The molecule has 218 valence electrons.